The molecule has 0 bridgehead atoms. The number of benzene rings is 1. The van der Waals surface area contributed by atoms with E-state index in [1.807, 2.05) is 13.1 Å². The van der Waals surface area contributed by atoms with Gasteiger partial charge in [-0.1, -0.05) is 57.7 Å². The minimum Gasteiger partial charge on any atom is -0.327 e. The Balaban J connectivity index is 1.62. The van der Waals surface area contributed by atoms with Crippen LogP contribution >= 0.6 is 0 Å². The van der Waals surface area contributed by atoms with E-state index < -0.39 is 0 Å². The maximum Gasteiger partial charge on any atom is 0.0432 e. The molecule has 0 spiro atoms. The number of hydrogen-bond acceptors (Lipinski definition) is 3. The molecule has 3 heteroatoms. The summed E-state index contributed by atoms with van der Waals surface area (Å²) < 4.78 is 0. The van der Waals surface area contributed by atoms with Gasteiger partial charge in [-0.3, -0.25) is 4.90 Å². The second-order valence-electron chi connectivity index (χ2n) is 9.34. The number of likely N-dealkylation sites (tertiary alicyclic amines) is 1. The molecule has 2 unspecified atom stereocenters. The van der Waals surface area contributed by atoms with Crippen LogP contribution in [0.5, 0.6) is 0 Å². The first-order valence-corrected chi connectivity index (χ1v) is 11.1. The third-order valence-electron chi connectivity index (χ3n) is 6.52. The Hall–Kier alpha value is -1.58. The van der Waals surface area contributed by atoms with Crippen LogP contribution in [-0.4, -0.2) is 36.1 Å². The van der Waals surface area contributed by atoms with Gasteiger partial charge in [-0.15, -0.1) is 0 Å². The van der Waals surface area contributed by atoms with Crippen molar-refractivity contribution in [1.29, 1.82) is 0 Å². The van der Waals surface area contributed by atoms with Crippen LogP contribution < -0.4 is 5.43 Å². The minimum atomic E-state index is 0.802. The summed E-state index contributed by atoms with van der Waals surface area (Å²) in [7, 11) is 2.05. The van der Waals surface area contributed by atoms with Crippen molar-refractivity contribution in [3.8, 4) is 0 Å². The molecule has 154 valence electrons. The lowest BCUT2D eigenvalue weighted by atomic mass is 9.85. The summed E-state index contributed by atoms with van der Waals surface area (Å²) in [6.07, 6.45) is 10.5. The monoisotopic (exact) mass is 381 g/mol. The fourth-order valence-electron chi connectivity index (χ4n) is 5.31. The third kappa shape index (κ3) is 5.27. The van der Waals surface area contributed by atoms with Gasteiger partial charge in [0, 0.05) is 38.9 Å². The van der Waals surface area contributed by atoms with Crippen molar-refractivity contribution >= 4 is 6.08 Å². The highest BCUT2D eigenvalue weighted by molar-refractivity contribution is 5.53. The molecular formula is C25H39N3. The van der Waals surface area contributed by atoms with Crippen LogP contribution in [0.2, 0.25) is 0 Å². The fourth-order valence-corrected chi connectivity index (χ4v) is 5.31. The molecule has 2 atom stereocenters. The number of rotatable bonds is 10. The predicted octanol–water partition coefficient (Wildman–Crippen LogP) is 5.10. The molecule has 28 heavy (non-hydrogen) atoms. The van der Waals surface area contributed by atoms with Crippen LogP contribution in [0.4, 0.5) is 0 Å². The first-order chi connectivity index (χ1) is 13.5. The predicted molar refractivity (Wildman–Crippen MR) is 121 cm³/mol. The highest BCUT2D eigenvalue weighted by atomic mass is 15.5. The quantitative estimate of drug-likeness (QED) is 0.569. The highest BCUT2D eigenvalue weighted by Crippen LogP contribution is 2.37. The van der Waals surface area contributed by atoms with E-state index in [-0.39, 0.29) is 0 Å². The maximum atomic E-state index is 3.99. The van der Waals surface area contributed by atoms with Gasteiger partial charge in [-0.05, 0) is 60.1 Å². The third-order valence-corrected chi connectivity index (χ3v) is 6.52. The Morgan fingerprint density at radius 2 is 2.04 bits per heavy atom. The van der Waals surface area contributed by atoms with Crippen molar-refractivity contribution in [3.63, 3.8) is 0 Å². The fraction of sp³-hybridized carbons (Fsp3) is 0.600. The number of nitrogens with one attached hydrogen (secondary N) is 1. The Labute approximate surface area is 172 Å². The van der Waals surface area contributed by atoms with E-state index in [0.29, 0.717) is 0 Å². The van der Waals surface area contributed by atoms with Gasteiger partial charge in [0.15, 0.2) is 0 Å². The molecule has 1 aromatic carbocycles. The number of hydrazine groups is 1. The molecule has 1 saturated heterocycles. The van der Waals surface area contributed by atoms with E-state index in [4.69, 9.17) is 0 Å². The molecule has 1 aliphatic carbocycles. The van der Waals surface area contributed by atoms with E-state index in [1.165, 1.54) is 61.9 Å². The van der Waals surface area contributed by atoms with E-state index in [9.17, 15) is 0 Å². The molecule has 3 rings (SSSR count). The van der Waals surface area contributed by atoms with Crippen LogP contribution in [0, 0.1) is 17.8 Å². The van der Waals surface area contributed by atoms with Crippen molar-refractivity contribution in [2.24, 2.45) is 17.8 Å². The Kier molecular flexibility index (Phi) is 7.36. The molecular weight excluding hydrogens is 342 g/mol. The zero-order chi connectivity index (χ0) is 20.1. The first-order valence-electron chi connectivity index (χ1n) is 11.1. The Morgan fingerprint density at radius 1 is 1.25 bits per heavy atom. The van der Waals surface area contributed by atoms with E-state index in [1.54, 1.807) is 6.20 Å². The first kappa shape index (κ1) is 21.1. The number of nitrogens with zero attached hydrogens (tertiary/aromatic N) is 2. The molecule has 1 aliphatic heterocycles. The molecule has 0 amide bonds. The summed E-state index contributed by atoms with van der Waals surface area (Å²) in [5.74, 6) is 2.58. The van der Waals surface area contributed by atoms with Gasteiger partial charge < -0.3 is 5.43 Å². The van der Waals surface area contributed by atoms with Gasteiger partial charge >= 0.3 is 0 Å². The van der Waals surface area contributed by atoms with Crippen LogP contribution in [0.15, 0.2) is 37.6 Å². The molecule has 3 nitrogen and oxygen atoms in total. The SMILES string of the molecule is C=CNN(C)Cc1cc(CC2CCCC2N2CC(CC(C)C)C2)ccc1C=C. The van der Waals surface area contributed by atoms with Crippen molar-refractivity contribution < 1.29 is 0 Å². The van der Waals surface area contributed by atoms with Crippen molar-refractivity contribution in [3.05, 3.63) is 54.2 Å². The summed E-state index contributed by atoms with van der Waals surface area (Å²) in [4.78, 5) is 2.78. The van der Waals surface area contributed by atoms with Crippen LogP contribution in [0.25, 0.3) is 6.08 Å². The van der Waals surface area contributed by atoms with Gasteiger partial charge in [0.2, 0.25) is 0 Å². The molecule has 0 aromatic heterocycles. The second-order valence-corrected chi connectivity index (χ2v) is 9.34. The normalized spacial score (nSPS) is 23.2. The molecule has 1 aromatic rings. The molecule has 2 fully saturated rings. The maximum absolute atomic E-state index is 3.99. The van der Waals surface area contributed by atoms with Crippen molar-refractivity contribution in [2.45, 2.75) is 58.5 Å². The van der Waals surface area contributed by atoms with Crippen molar-refractivity contribution in [1.82, 2.24) is 15.3 Å². The molecule has 2 aliphatic rings. The zero-order valence-corrected chi connectivity index (χ0v) is 18.2. The average Bonchev–Trinajstić information content (AvgIpc) is 3.05. The largest absolute Gasteiger partial charge is 0.327 e. The summed E-state index contributed by atoms with van der Waals surface area (Å²) in [6, 6.07) is 7.75. The summed E-state index contributed by atoms with van der Waals surface area (Å²) >= 11 is 0. The minimum absolute atomic E-state index is 0.802. The summed E-state index contributed by atoms with van der Waals surface area (Å²) in [6.45, 7) is 16.0. The van der Waals surface area contributed by atoms with Crippen molar-refractivity contribution in [2.75, 3.05) is 20.1 Å². The van der Waals surface area contributed by atoms with Gasteiger partial charge in [0.25, 0.3) is 0 Å². The second kappa shape index (κ2) is 9.76. The standard InChI is InChI=1S/C25H39N3/c1-6-22-12-11-20(15-24(22)18-27(5)26-7-2)14-23-9-8-10-25(23)28-16-21(17-28)13-19(3)4/h6-7,11-12,15,19,21,23,25-26H,1-2,8-10,13-14,16-18H2,3-5H3. The van der Waals surface area contributed by atoms with E-state index in [2.05, 4.69) is 60.5 Å². The topological polar surface area (TPSA) is 18.5 Å². The van der Waals surface area contributed by atoms with E-state index in [0.717, 1.165) is 30.3 Å². The van der Waals surface area contributed by atoms with Gasteiger partial charge in [-0.25, -0.2) is 5.01 Å². The van der Waals surface area contributed by atoms with Crippen LogP contribution in [0.1, 0.15) is 56.2 Å². The van der Waals surface area contributed by atoms with Gasteiger partial charge in [0.05, 0.1) is 0 Å². The molecule has 0 radical (unpaired) electrons. The smallest absolute Gasteiger partial charge is 0.0432 e. The average molecular weight is 382 g/mol. The van der Waals surface area contributed by atoms with Gasteiger partial charge in [0.1, 0.15) is 0 Å². The summed E-state index contributed by atoms with van der Waals surface area (Å²) in [5.41, 5.74) is 7.18. The lowest BCUT2D eigenvalue weighted by Gasteiger charge is -2.46. The van der Waals surface area contributed by atoms with Crippen LogP contribution in [-0.2, 0) is 13.0 Å². The molecule has 1 saturated carbocycles. The van der Waals surface area contributed by atoms with Crippen LogP contribution in [0.3, 0.4) is 0 Å². The van der Waals surface area contributed by atoms with Gasteiger partial charge in [-0.2, -0.15) is 0 Å². The Morgan fingerprint density at radius 3 is 2.71 bits per heavy atom. The molecule has 1 heterocycles. The summed E-state index contributed by atoms with van der Waals surface area (Å²) in [5, 5.41) is 2.06. The zero-order valence-electron chi connectivity index (χ0n) is 18.2. The molecule has 1 N–H and O–H groups in total. The lowest BCUT2D eigenvalue weighted by molar-refractivity contribution is 0.0254. The highest BCUT2D eigenvalue weighted by Gasteiger charge is 2.38. The lowest BCUT2D eigenvalue weighted by Crippen LogP contribution is -2.53. The number of hydrogen-bond donors (Lipinski definition) is 1. The van der Waals surface area contributed by atoms with E-state index >= 15 is 0 Å². The Bertz CT molecular complexity index is 660.